The Morgan fingerprint density at radius 1 is 1.23 bits per heavy atom. The lowest BCUT2D eigenvalue weighted by atomic mass is 9.92. The summed E-state index contributed by atoms with van der Waals surface area (Å²) in [6.45, 7) is 6.96. The van der Waals surface area contributed by atoms with Crippen LogP contribution < -0.4 is 4.74 Å². The standard InChI is InChI=1S/C27H33ClN2O5/c1-27(2,3)16-35-26(33)30-12-10-21-22-14-18(28)6-9-23(22)29-24(21)25(30)17-4-7-20(8-5-17)34-13-11-19(32)15-31/h4-9,14,19,25,29,31-32H,10-13,15-16H2,1-3H3. The lowest BCUT2D eigenvalue weighted by Gasteiger charge is -2.36. The second kappa shape index (κ2) is 10.5. The summed E-state index contributed by atoms with van der Waals surface area (Å²) < 4.78 is 11.4. The molecule has 1 aliphatic heterocycles. The molecule has 3 aromatic rings. The van der Waals surface area contributed by atoms with Crippen LogP contribution in [0, 0.1) is 5.41 Å². The smallest absolute Gasteiger partial charge is 0.410 e. The van der Waals surface area contributed by atoms with Gasteiger partial charge in [-0.1, -0.05) is 44.5 Å². The summed E-state index contributed by atoms with van der Waals surface area (Å²) >= 11 is 6.28. The Morgan fingerprint density at radius 3 is 2.66 bits per heavy atom. The van der Waals surface area contributed by atoms with Crippen molar-refractivity contribution in [3.8, 4) is 5.75 Å². The zero-order valence-electron chi connectivity index (χ0n) is 20.4. The van der Waals surface area contributed by atoms with Crippen LogP contribution in [0.15, 0.2) is 42.5 Å². The van der Waals surface area contributed by atoms with Crippen molar-refractivity contribution in [1.82, 2.24) is 9.88 Å². The molecule has 4 rings (SSSR count). The van der Waals surface area contributed by atoms with Gasteiger partial charge in [0, 0.05) is 34.6 Å². The van der Waals surface area contributed by atoms with Crippen LogP contribution in [0.1, 0.15) is 50.1 Å². The van der Waals surface area contributed by atoms with Gasteiger partial charge in [0.05, 0.1) is 25.9 Å². The average Bonchev–Trinajstić information content (AvgIpc) is 3.19. The monoisotopic (exact) mass is 500 g/mol. The van der Waals surface area contributed by atoms with Gasteiger partial charge in [-0.2, -0.15) is 0 Å². The zero-order valence-corrected chi connectivity index (χ0v) is 21.1. The molecule has 3 N–H and O–H groups in total. The topological polar surface area (TPSA) is 95.0 Å². The fourth-order valence-electron chi connectivity index (χ4n) is 4.32. The van der Waals surface area contributed by atoms with Crippen LogP contribution in [-0.2, 0) is 11.2 Å². The molecule has 2 aromatic carbocycles. The first-order valence-electron chi connectivity index (χ1n) is 11.9. The van der Waals surface area contributed by atoms with Gasteiger partial charge in [-0.05, 0) is 53.3 Å². The van der Waals surface area contributed by atoms with E-state index in [2.05, 4.69) is 4.98 Å². The Balaban J connectivity index is 1.64. The van der Waals surface area contributed by atoms with Crippen LogP contribution in [-0.4, -0.2) is 58.7 Å². The first-order valence-corrected chi connectivity index (χ1v) is 12.3. The van der Waals surface area contributed by atoms with Crippen LogP contribution in [0.3, 0.4) is 0 Å². The van der Waals surface area contributed by atoms with E-state index in [-0.39, 0.29) is 24.2 Å². The molecule has 2 unspecified atom stereocenters. The first-order chi connectivity index (χ1) is 16.7. The molecule has 2 atom stereocenters. The van der Waals surface area contributed by atoms with Crippen LogP contribution in [0.2, 0.25) is 5.02 Å². The van der Waals surface area contributed by atoms with Crippen molar-refractivity contribution in [2.75, 3.05) is 26.4 Å². The zero-order chi connectivity index (χ0) is 25.2. The highest BCUT2D eigenvalue weighted by molar-refractivity contribution is 6.31. The summed E-state index contributed by atoms with van der Waals surface area (Å²) in [6, 6.07) is 13.0. The summed E-state index contributed by atoms with van der Waals surface area (Å²) in [5, 5.41) is 20.2. The number of hydrogen-bond acceptors (Lipinski definition) is 5. The van der Waals surface area contributed by atoms with Gasteiger partial charge in [0.2, 0.25) is 0 Å². The third-order valence-corrected chi connectivity index (χ3v) is 6.31. The maximum absolute atomic E-state index is 13.2. The molecule has 0 fully saturated rings. The van der Waals surface area contributed by atoms with Crippen molar-refractivity contribution >= 4 is 28.6 Å². The van der Waals surface area contributed by atoms with Crippen molar-refractivity contribution in [1.29, 1.82) is 0 Å². The predicted molar refractivity (Wildman–Crippen MR) is 136 cm³/mol. The van der Waals surface area contributed by atoms with Gasteiger partial charge < -0.3 is 24.7 Å². The molecule has 0 aliphatic carbocycles. The van der Waals surface area contributed by atoms with Crippen molar-refractivity contribution < 1.29 is 24.5 Å². The van der Waals surface area contributed by atoms with Crippen LogP contribution >= 0.6 is 11.6 Å². The summed E-state index contributed by atoms with van der Waals surface area (Å²) in [7, 11) is 0. The molecule has 7 nitrogen and oxygen atoms in total. The Kier molecular flexibility index (Phi) is 7.59. The fourth-order valence-corrected chi connectivity index (χ4v) is 4.49. The van der Waals surface area contributed by atoms with E-state index in [4.69, 9.17) is 26.2 Å². The molecule has 188 valence electrons. The minimum atomic E-state index is -0.793. The number of hydrogen-bond donors (Lipinski definition) is 3. The number of carbonyl (C=O) groups excluding carboxylic acids is 1. The number of amides is 1. The third kappa shape index (κ3) is 5.92. The molecular weight excluding hydrogens is 468 g/mol. The molecule has 0 radical (unpaired) electrons. The van der Waals surface area contributed by atoms with E-state index >= 15 is 0 Å². The number of H-pyrrole nitrogens is 1. The molecule has 1 amide bonds. The molecule has 0 spiro atoms. The number of benzene rings is 2. The summed E-state index contributed by atoms with van der Waals surface area (Å²) in [6.07, 6.45) is -0.0934. The second-order valence-corrected chi connectivity index (χ2v) is 10.6. The summed E-state index contributed by atoms with van der Waals surface area (Å²) in [5.41, 5.74) is 3.90. The second-order valence-electron chi connectivity index (χ2n) is 10.2. The van der Waals surface area contributed by atoms with E-state index in [1.807, 2.05) is 63.2 Å². The van der Waals surface area contributed by atoms with Crippen molar-refractivity contribution in [2.45, 2.75) is 45.8 Å². The molecule has 0 bridgehead atoms. The van der Waals surface area contributed by atoms with Gasteiger partial charge in [0.1, 0.15) is 11.8 Å². The maximum atomic E-state index is 13.2. The number of nitrogens with zero attached hydrogens (tertiary/aromatic N) is 1. The van der Waals surface area contributed by atoms with Gasteiger partial charge in [-0.15, -0.1) is 0 Å². The number of carbonyl (C=O) groups is 1. The van der Waals surface area contributed by atoms with Crippen molar-refractivity contribution in [2.24, 2.45) is 5.41 Å². The number of rotatable bonds is 7. The molecule has 0 saturated heterocycles. The number of aromatic amines is 1. The van der Waals surface area contributed by atoms with Crippen LogP contribution in [0.25, 0.3) is 10.9 Å². The van der Waals surface area contributed by atoms with E-state index in [9.17, 15) is 9.90 Å². The van der Waals surface area contributed by atoms with Crippen molar-refractivity contribution in [3.05, 3.63) is 64.3 Å². The van der Waals surface area contributed by atoms with Crippen LogP contribution in [0.5, 0.6) is 5.75 Å². The number of ether oxygens (including phenoxy) is 2. The first kappa shape index (κ1) is 25.4. The Bertz CT molecular complexity index is 1170. The fraction of sp³-hybridized carbons (Fsp3) is 0.444. The van der Waals surface area contributed by atoms with Gasteiger partial charge in [-0.3, -0.25) is 4.90 Å². The SMILES string of the molecule is CC(C)(C)COC(=O)N1CCc2c([nH]c3ccc(Cl)cc23)C1c1ccc(OCCC(O)CO)cc1. The number of aliphatic hydroxyl groups is 2. The molecule has 2 heterocycles. The van der Waals surface area contributed by atoms with E-state index in [0.29, 0.717) is 43.4 Å². The predicted octanol–water partition coefficient (Wildman–Crippen LogP) is 5.07. The normalized spacial score (nSPS) is 16.7. The molecule has 35 heavy (non-hydrogen) atoms. The molecule has 1 aliphatic rings. The highest BCUT2D eigenvalue weighted by atomic mass is 35.5. The van der Waals surface area contributed by atoms with Gasteiger partial charge in [0.25, 0.3) is 0 Å². The molecule has 8 heteroatoms. The largest absolute Gasteiger partial charge is 0.493 e. The number of fused-ring (bicyclic) bond motifs is 3. The number of halogens is 1. The highest BCUT2D eigenvalue weighted by Gasteiger charge is 2.36. The van der Waals surface area contributed by atoms with E-state index in [0.717, 1.165) is 27.7 Å². The number of nitrogens with one attached hydrogen (secondary N) is 1. The van der Waals surface area contributed by atoms with Gasteiger partial charge >= 0.3 is 6.09 Å². The van der Waals surface area contributed by atoms with Crippen LogP contribution in [0.4, 0.5) is 4.79 Å². The number of aliphatic hydroxyl groups excluding tert-OH is 2. The highest BCUT2D eigenvalue weighted by Crippen LogP contribution is 2.40. The Morgan fingerprint density at radius 2 is 1.97 bits per heavy atom. The quantitative estimate of drug-likeness (QED) is 0.421. The van der Waals surface area contributed by atoms with Gasteiger partial charge in [0.15, 0.2) is 0 Å². The number of aromatic nitrogens is 1. The summed E-state index contributed by atoms with van der Waals surface area (Å²) in [5.74, 6) is 0.653. The maximum Gasteiger partial charge on any atom is 0.410 e. The minimum Gasteiger partial charge on any atom is -0.493 e. The third-order valence-electron chi connectivity index (χ3n) is 6.08. The Hall–Kier alpha value is -2.74. The van der Waals surface area contributed by atoms with E-state index in [1.165, 1.54) is 0 Å². The summed E-state index contributed by atoms with van der Waals surface area (Å²) in [4.78, 5) is 18.5. The lowest BCUT2D eigenvalue weighted by Crippen LogP contribution is -2.41. The van der Waals surface area contributed by atoms with Crippen molar-refractivity contribution in [3.63, 3.8) is 0 Å². The van der Waals surface area contributed by atoms with E-state index in [1.54, 1.807) is 4.90 Å². The molecular formula is C27H33ClN2O5. The van der Waals surface area contributed by atoms with Gasteiger partial charge in [-0.25, -0.2) is 4.79 Å². The molecule has 1 aromatic heterocycles. The average molecular weight is 501 g/mol. The molecule has 0 saturated carbocycles. The van der Waals surface area contributed by atoms with E-state index < -0.39 is 6.10 Å². The lowest BCUT2D eigenvalue weighted by molar-refractivity contribution is 0.0621. The Labute approximate surface area is 210 Å². The minimum absolute atomic E-state index is 0.132.